The summed E-state index contributed by atoms with van der Waals surface area (Å²) in [7, 11) is 0. The molecular formula is C59H41N5. The molecule has 1 aliphatic carbocycles. The topological polar surface area (TPSA) is 56.5 Å². The average molecular weight is 820 g/mol. The maximum atomic E-state index is 5.30. The van der Waals surface area contributed by atoms with Gasteiger partial charge in [0.15, 0.2) is 17.5 Å². The summed E-state index contributed by atoms with van der Waals surface area (Å²) < 4.78 is 2.46. The monoisotopic (exact) mass is 819 g/mol. The van der Waals surface area contributed by atoms with Crippen LogP contribution in [0.4, 0.5) is 0 Å². The largest absolute Gasteiger partial charge is 0.309 e. The second kappa shape index (κ2) is 15.0. The van der Waals surface area contributed by atoms with Crippen molar-refractivity contribution in [2.75, 3.05) is 0 Å². The molecule has 0 fully saturated rings. The van der Waals surface area contributed by atoms with Crippen molar-refractivity contribution in [1.29, 1.82) is 0 Å². The predicted octanol–water partition coefficient (Wildman–Crippen LogP) is 14.7. The number of rotatable bonds is 7. The molecule has 0 atom stereocenters. The third-order valence-corrected chi connectivity index (χ3v) is 12.9. The van der Waals surface area contributed by atoms with Crippen LogP contribution in [0.15, 0.2) is 212 Å². The van der Waals surface area contributed by atoms with Gasteiger partial charge in [-0.25, -0.2) is 19.9 Å². The van der Waals surface area contributed by atoms with Crippen molar-refractivity contribution in [2.24, 2.45) is 0 Å². The van der Waals surface area contributed by atoms with Gasteiger partial charge in [-0.05, 0) is 70.3 Å². The lowest BCUT2D eigenvalue weighted by molar-refractivity contribution is 0.661. The zero-order chi connectivity index (χ0) is 42.8. The molecule has 0 saturated heterocycles. The lowest BCUT2D eigenvalue weighted by atomic mass is 9.82. The molecule has 5 heteroatoms. The van der Waals surface area contributed by atoms with E-state index >= 15 is 0 Å². The van der Waals surface area contributed by atoms with Crippen LogP contribution in [0.5, 0.6) is 0 Å². The first-order valence-corrected chi connectivity index (χ1v) is 21.8. The van der Waals surface area contributed by atoms with Crippen molar-refractivity contribution in [3.63, 3.8) is 0 Å². The molecule has 0 radical (unpaired) electrons. The molecule has 3 heterocycles. The van der Waals surface area contributed by atoms with Crippen LogP contribution >= 0.6 is 0 Å². The van der Waals surface area contributed by atoms with Gasteiger partial charge in [0.25, 0.3) is 0 Å². The fraction of sp³-hybridized carbons (Fsp3) is 0.0508. The lowest BCUT2D eigenvalue weighted by Gasteiger charge is -2.21. The molecule has 0 N–H and O–H groups in total. The van der Waals surface area contributed by atoms with E-state index in [9.17, 15) is 0 Å². The Hall–Kier alpha value is -8.28. The van der Waals surface area contributed by atoms with E-state index in [0.717, 1.165) is 67.1 Å². The Balaban J connectivity index is 1.17. The SMILES string of the molecule is CC1(C)c2ccccc2-c2c1ccc1c2c2ccccc2n1-c1ccc(-c2nc(-c3ccccc3)nc(-c3ccccc3)n2)cc1-c1cc(-c2ccccc2)nc(-c2ccccc2)c1. The van der Waals surface area contributed by atoms with Crippen LogP contribution < -0.4 is 0 Å². The molecule has 0 spiro atoms. The quantitative estimate of drug-likeness (QED) is 0.161. The number of para-hydroxylation sites is 1. The summed E-state index contributed by atoms with van der Waals surface area (Å²) in [5.74, 6) is 1.84. The van der Waals surface area contributed by atoms with Gasteiger partial charge in [-0.1, -0.05) is 184 Å². The summed E-state index contributed by atoms with van der Waals surface area (Å²) in [4.78, 5) is 20.7. The van der Waals surface area contributed by atoms with E-state index in [4.69, 9.17) is 19.9 Å². The minimum atomic E-state index is -0.128. The van der Waals surface area contributed by atoms with E-state index in [0.29, 0.717) is 17.5 Å². The van der Waals surface area contributed by atoms with Crippen molar-refractivity contribution in [3.05, 3.63) is 223 Å². The predicted molar refractivity (Wildman–Crippen MR) is 262 cm³/mol. The molecule has 302 valence electrons. The minimum Gasteiger partial charge on any atom is -0.309 e. The van der Waals surface area contributed by atoms with Crippen molar-refractivity contribution < 1.29 is 0 Å². The zero-order valence-corrected chi connectivity index (χ0v) is 35.4. The third-order valence-electron chi connectivity index (χ3n) is 12.9. The summed E-state index contributed by atoms with van der Waals surface area (Å²) in [6, 6.07) is 74.8. The summed E-state index contributed by atoms with van der Waals surface area (Å²) in [5.41, 5.74) is 17.2. The molecule has 8 aromatic carbocycles. The second-order valence-electron chi connectivity index (χ2n) is 17.0. The van der Waals surface area contributed by atoms with E-state index in [1.807, 2.05) is 72.8 Å². The summed E-state index contributed by atoms with van der Waals surface area (Å²) in [6.45, 7) is 4.70. The average Bonchev–Trinajstić information content (AvgIpc) is 3.82. The number of benzene rings is 8. The second-order valence-corrected chi connectivity index (χ2v) is 17.0. The van der Waals surface area contributed by atoms with E-state index in [1.54, 1.807) is 0 Å². The van der Waals surface area contributed by atoms with Crippen LogP contribution in [0.1, 0.15) is 25.0 Å². The van der Waals surface area contributed by atoms with E-state index in [-0.39, 0.29) is 5.41 Å². The van der Waals surface area contributed by atoms with E-state index < -0.39 is 0 Å². The van der Waals surface area contributed by atoms with Crippen LogP contribution in [-0.4, -0.2) is 24.5 Å². The number of pyridine rings is 1. The van der Waals surface area contributed by atoms with Gasteiger partial charge in [0.05, 0.1) is 28.1 Å². The number of hydrogen-bond donors (Lipinski definition) is 0. The molecule has 3 aromatic heterocycles. The molecule has 11 aromatic rings. The number of aromatic nitrogens is 5. The Labute approximate surface area is 372 Å². The van der Waals surface area contributed by atoms with Crippen molar-refractivity contribution in [2.45, 2.75) is 19.3 Å². The Morgan fingerprint density at radius 1 is 0.359 bits per heavy atom. The first kappa shape index (κ1) is 37.5. The minimum absolute atomic E-state index is 0.128. The van der Waals surface area contributed by atoms with Gasteiger partial charge in [0.2, 0.25) is 0 Å². The maximum absolute atomic E-state index is 5.30. The molecule has 1 aliphatic rings. The van der Waals surface area contributed by atoms with Crippen LogP contribution in [0.25, 0.3) is 106 Å². The van der Waals surface area contributed by atoms with Crippen molar-refractivity contribution in [3.8, 4) is 84.6 Å². The summed E-state index contributed by atoms with van der Waals surface area (Å²) in [5, 5.41) is 2.49. The molecule has 0 saturated carbocycles. The fourth-order valence-electron chi connectivity index (χ4n) is 9.75. The summed E-state index contributed by atoms with van der Waals surface area (Å²) >= 11 is 0. The van der Waals surface area contributed by atoms with Gasteiger partial charge in [-0.15, -0.1) is 0 Å². The van der Waals surface area contributed by atoms with Gasteiger partial charge in [0, 0.05) is 49.6 Å². The highest BCUT2D eigenvalue weighted by atomic mass is 15.0. The number of fused-ring (bicyclic) bond motifs is 7. The molecule has 0 bridgehead atoms. The lowest BCUT2D eigenvalue weighted by Crippen LogP contribution is -2.14. The first-order valence-electron chi connectivity index (χ1n) is 21.8. The molecule has 64 heavy (non-hydrogen) atoms. The molecule has 12 rings (SSSR count). The molecule has 5 nitrogen and oxygen atoms in total. The Bertz CT molecular complexity index is 3440. The van der Waals surface area contributed by atoms with Crippen LogP contribution in [0, 0.1) is 0 Å². The standard InChI is InChI=1S/C59H41N5/c1-59(2)47-29-17-15-27-44(47)54-48(59)32-34-53-55(54)45-28-16-18-30-51(45)64(53)52-33-31-42(58-62-56(40-23-11-5-12-24-40)61-57(63-58)41-25-13-6-14-26-41)35-46(52)43-36-49(38-19-7-3-8-20-38)60-50(37-43)39-21-9-4-10-22-39/h3-37H,1-2H3. The highest BCUT2D eigenvalue weighted by molar-refractivity contribution is 6.18. The van der Waals surface area contributed by atoms with Crippen molar-refractivity contribution >= 4 is 21.8 Å². The van der Waals surface area contributed by atoms with Gasteiger partial charge in [0.1, 0.15) is 0 Å². The molecule has 0 unspecified atom stereocenters. The highest BCUT2D eigenvalue weighted by Gasteiger charge is 2.37. The van der Waals surface area contributed by atoms with E-state index in [2.05, 4.69) is 158 Å². The Morgan fingerprint density at radius 2 is 0.875 bits per heavy atom. The Morgan fingerprint density at radius 3 is 1.48 bits per heavy atom. The molecule has 0 amide bonds. The molecular weight excluding hydrogens is 779 g/mol. The van der Waals surface area contributed by atoms with Crippen molar-refractivity contribution in [1.82, 2.24) is 24.5 Å². The van der Waals surface area contributed by atoms with Crippen LogP contribution in [0.3, 0.4) is 0 Å². The highest BCUT2D eigenvalue weighted by Crippen LogP contribution is 2.53. The van der Waals surface area contributed by atoms with Gasteiger partial charge in [-0.2, -0.15) is 0 Å². The first-order chi connectivity index (χ1) is 31.5. The number of hydrogen-bond acceptors (Lipinski definition) is 4. The number of nitrogens with zero attached hydrogens (tertiary/aromatic N) is 5. The van der Waals surface area contributed by atoms with Crippen LogP contribution in [-0.2, 0) is 5.41 Å². The van der Waals surface area contributed by atoms with Gasteiger partial charge in [-0.3, -0.25) is 0 Å². The third kappa shape index (κ3) is 6.16. The summed E-state index contributed by atoms with van der Waals surface area (Å²) in [6.07, 6.45) is 0. The van der Waals surface area contributed by atoms with E-state index in [1.165, 1.54) is 33.0 Å². The normalized spacial score (nSPS) is 12.7. The maximum Gasteiger partial charge on any atom is 0.164 e. The Kier molecular flexibility index (Phi) is 8.76. The van der Waals surface area contributed by atoms with Gasteiger partial charge < -0.3 is 4.57 Å². The van der Waals surface area contributed by atoms with Gasteiger partial charge >= 0.3 is 0 Å². The zero-order valence-electron chi connectivity index (χ0n) is 35.4. The smallest absolute Gasteiger partial charge is 0.164 e. The molecule has 0 aliphatic heterocycles. The fourth-order valence-corrected chi connectivity index (χ4v) is 9.75. The van der Waals surface area contributed by atoms with Crippen LogP contribution in [0.2, 0.25) is 0 Å².